The van der Waals surface area contributed by atoms with Gasteiger partial charge in [-0.1, -0.05) is 18.2 Å². The topological polar surface area (TPSA) is 84.7 Å². The number of nitrogens with zero attached hydrogens (tertiary/aromatic N) is 2. The van der Waals surface area contributed by atoms with Crippen LogP contribution >= 0.6 is 0 Å². The van der Waals surface area contributed by atoms with E-state index in [1.807, 2.05) is 30.3 Å². The van der Waals surface area contributed by atoms with Crippen molar-refractivity contribution in [2.45, 2.75) is 13.3 Å². The molecule has 0 spiro atoms. The van der Waals surface area contributed by atoms with E-state index in [9.17, 15) is 14.9 Å². The highest BCUT2D eigenvalue weighted by atomic mass is 16.6. The molecule has 1 amide bonds. The molecule has 0 fully saturated rings. The summed E-state index contributed by atoms with van der Waals surface area (Å²) in [5, 5.41) is 13.9. The number of nitro benzene ring substituents is 1. The molecule has 0 heterocycles. The molecule has 0 bridgehead atoms. The molecule has 26 heavy (non-hydrogen) atoms. The molecule has 7 heteroatoms. The Balaban J connectivity index is 1.93. The van der Waals surface area contributed by atoms with Crippen molar-refractivity contribution < 1.29 is 14.5 Å². The lowest BCUT2D eigenvalue weighted by Crippen LogP contribution is -2.30. The SMILES string of the molecule is CCN(CCCNC(=O)c1cc(OC)ccc1[N+](=O)[O-])c1ccccc1. The molecule has 0 radical (unpaired) electrons. The minimum atomic E-state index is -0.567. The predicted molar refractivity (Wildman–Crippen MR) is 101 cm³/mol. The normalized spacial score (nSPS) is 10.2. The second-order valence-electron chi connectivity index (χ2n) is 5.66. The number of methoxy groups -OCH3 is 1. The van der Waals surface area contributed by atoms with Crippen molar-refractivity contribution in [1.29, 1.82) is 0 Å². The van der Waals surface area contributed by atoms with Gasteiger partial charge < -0.3 is 15.0 Å². The van der Waals surface area contributed by atoms with Crippen molar-refractivity contribution in [3.05, 3.63) is 64.2 Å². The maximum absolute atomic E-state index is 12.3. The minimum absolute atomic E-state index is 0.00440. The average molecular weight is 357 g/mol. The Morgan fingerprint density at radius 1 is 1.23 bits per heavy atom. The van der Waals surface area contributed by atoms with E-state index in [2.05, 4.69) is 17.1 Å². The number of ether oxygens (including phenoxy) is 1. The van der Waals surface area contributed by atoms with E-state index >= 15 is 0 Å². The first-order valence-electron chi connectivity index (χ1n) is 8.47. The number of carbonyl (C=O) groups excluding carboxylic acids is 1. The molecular formula is C19H23N3O4. The maximum atomic E-state index is 12.3. The van der Waals surface area contributed by atoms with Crippen LogP contribution in [0.1, 0.15) is 23.7 Å². The summed E-state index contributed by atoms with van der Waals surface area (Å²) >= 11 is 0. The Hall–Kier alpha value is -3.09. The molecule has 0 aromatic heterocycles. The van der Waals surface area contributed by atoms with Gasteiger partial charge in [0.15, 0.2) is 0 Å². The summed E-state index contributed by atoms with van der Waals surface area (Å²) in [6.45, 7) is 4.14. The number of rotatable bonds is 9. The van der Waals surface area contributed by atoms with Crippen LogP contribution in [0.3, 0.4) is 0 Å². The molecule has 0 aliphatic carbocycles. The van der Waals surface area contributed by atoms with Gasteiger partial charge in [0.1, 0.15) is 11.3 Å². The number of hydrogen-bond acceptors (Lipinski definition) is 5. The zero-order valence-electron chi connectivity index (χ0n) is 15.0. The summed E-state index contributed by atoms with van der Waals surface area (Å²) in [4.78, 5) is 25.1. The van der Waals surface area contributed by atoms with Crippen LogP contribution in [-0.2, 0) is 0 Å². The van der Waals surface area contributed by atoms with Crippen LogP contribution in [0.15, 0.2) is 48.5 Å². The van der Waals surface area contributed by atoms with Crippen molar-refractivity contribution in [3.63, 3.8) is 0 Å². The summed E-state index contributed by atoms with van der Waals surface area (Å²) in [5.74, 6) is -0.0691. The highest BCUT2D eigenvalue weighted by molar-refractivity contribution is 5.98. The fourth-order valence-corrected chi connectivity index (χ4v) is 2.66. The predicted octanol–water partition coefficient (Wildman–Crippen LogP) is 3.25. The van der Waals surface area contributed by atoms with E-state index in [0.29, 0.717) is 12.3 Å². The van der Waals surface area contributed by atoms with Crippen LogP contribution in [-0.4, -0.2) is 37.6 Å². The Kier molecular flexibility index (Phi) is 6.96. The Morgan fingerprint density at radius 3 is 2.58 bits per heavy atom. The van der Waals surface area contributed by atoms with Crippen molar-refractivity contribution in [1.82, 2.24) is 5.32 Å². The van der Waals surface area contributed by atoms with E-state index in [4.69, 9.17) is 4.74 Å². The molecule has 0 saturated carbocycles. The van der Waals surface area contributed by atoms with Crippen LogP contribution in [0, 0.1) is 10.1 Å². The number of hydrogen-bond donors (Lipinski definition) is 1. The molecule has 0 aliphatic heterocycles. The average Bonchev–Trinajstić information content (AvgIpc) is 2.67. The van der Waals surface area contributed by atoms with Crippen molar-refractivity contribution in [2.24, 2.45) is 0 Å². The quantitative estimate of drug-likeness (QED) is 0.423. The van der Waals surface area contributed by atoms with Crippen molar-refractivity contribution in [3.8, 4) is 5.75 Å². The molecule has 2 rings (SSSR count). The first-order valence-corrected chi connectivity index (χ1v) is 8.47. The van der Waals surface area contributed by atoms with Crippen molar-refractivity contribution in [2.75, 3.05) is 31.6 Å². The molecule has 0 saturated heterocycles. The van der Waals surface area contributed by atoms with Crippen LogP contribution in [0.5, 0.6) is 5.75 Å². The fourth-order valence-electron chi connectivity index (χ4n) is 2.66. The highest BCUT2D eigenvalue weighted by Gasteiger charge is 2.20. The second-order valence-corrected chi connectivity index (χ2v) is 5.66. The summed E-state index contributed by atoms with van der Waals surface area (Å²) < 4.78 is 5.05. The lowest BCUT2D eigenvalue weighted by atomic mass is 10.1. The third kappa shape index (κ3) is 4.95. The van der Waals surface area contributed by atoms with Gasteiger partial charge in [-0.2, -0.15) is 0 Å². The molecule has 2 aromatic carbocycles. The van der Waals surface area contributed by atoms with Crippen LogP contribution in [0.4, 0.5) is 11.4 Å². The largest absolute Gasteiger partial charge is 0.497 e. The Bertz CT molecular complexity index is 750. The van der Waals surface area contributed by atoms with Crippen LogP contribution in [0.25, 0.3) is 0 Å². The minimum Gasteiger partial charge on any atom is -0.497 e. The van der Waals surface area contributed by atoms with Gasteiger partial charge in [0.25, 0.3) is 11.6 Å². The third-order valence-corrected chi connectivity index (χ3v) is 4.04. The van der Waals surface area contributed by atoms with E-state index in [-0.39, 0.29) is 11.3 Å². The summed E-state index contributed by atoms with van der Waals surface area (Å²) in [6, 6.07) is 14.2. The van der Waals surface area contributed by atoms with Gasteiger partial charge in [0, 0.05) is 31.4 Å². The van der Waals surface area contributed by atoms with Crippen molar-refractivity contribution >= 4 is 17.3 Å². The van der Waals surface area contributed by atoms with E-state index in [1.165, 1.54) is 25.3 Å². The zero-order chi connectivity index (χ0) is 18.9. The first-order chi connectivity index (χ1) is 12.6. The number of carbonyl (C=O) groups is 1. The van der Waals surface area contributed by atoms with Gasteiger partial charge in [-0.3, -0.25) is 14.9 Å². The Morgan fingerprint density at radius 2 is 1.96 bits per heavy atom. The van der Waals surface area contributed by atoms with Gasteiger partial charge in [-0.25, -0.2) is 0 Å². The van der Waals surface area contributed by atoms with Crippen LogP contribution < -0.4 is 15.0 Å². The molecule has 0 atom stereocenters. The number of amides is 1. The number of para-hydroxylation sites is 1. The summed E-state index contributed by atoms with van der Waals surface area (Å²) in [7, 11) is 1.45. The Labute approximate surface area is 152 Å². The first kappa shape index (κ1) is 19.2. The molecular weight excluding hydrogens is 334 g/mol. The fraction of sp³-hybridized carbons (Fsp3) is 0.316. The monoisotopic (exact) mass is 357 g/mol. The standard InChI is InChI=1S/C19H23N3O4/c1-3-21(15-8-5-4-6-9-15)13-7-12-20-19(23)17-14-16(26-2)10-11-18(17)22(24)25/h4-6,8-11,14H,3,7,12-13H2,1-2H3,(H,20,23). The van der Waals surface area contributed by atoms with Gasteiger partial charge >= 0.3 is 0 Å². The van der Waals surface area contributed by atoms with Gasteiger partial charge in [0.05, 0.1) is 12.0 Å². The molecule has 7 nitrogen and oxygen atoms in total. The van der Waals surface area contributed by atoms with E-state index < -0.39 is 10.8 Å². The number of anilines is 1. The lowest BCUT2D eigenvalue weighted by molar-refractivity contribution is -0.385. The van der Waals surface area contributed by atoms with Gasteiger partial charge in [-0.15, -0.1) is 0 Å². The maximum Gasteiger partial charge on any atom is 0.282 e. The van der Waals surface area contributed by atoms with Gasteiger partial charge in [-0.05, 0) is 37.6 Å². The molecule has 1 N–H and O–H groups in total. The summed E-state index contributed by atoms with van der Waals surface area (Å²) in [6.07, 6.45) is 0.728. The highest BCUT2D eigenvalue weighted by Crippen LogP contribution is 2.23. The van der Waals surface area contributed by atoms with E-state index in [0.717, 1.165) is 25.2 Å². The molecule has 138 valence electrons. The zero-order valence-corrected chi connectivity index (χ0v) is 15.0. The molecule has 0 unspecified atom stereocenters. The van der Waals surface area contributed by atoms with Crippen LogP contribution in [0.2, 0.25) is 0 Å². The number of benzene rings is 2. The third-order valence-electron chi connectivity index (χ3n) is 4.04. The van der Waals surface area contributed by atoms with E-state index in [1.54, 1.807) is 0 Å². The molecule has 0 aliphatic rings. The molecule has 2 aromatic rings. The summed E-state index contributed by atoms with van der Waals surface area (Å²) in [5.41, 5.74) is 0.900. The number of nitro groups is 1. The lowest BCUT2D eigenvalue weighted by Gasteiger charge is -2.23. The smallest absolute Gasteiger partial charge is 0.282 e. The number of nitrogens with one attached hydrogen (secondary N) is 1. The second kappa shape index (κ2) is 9.41. The van der Waals surface area contributed by atoms with Gasteiger partial charge in [0.2, 0.25) is 0 Å².